The van der Waals surface area contributed by atoms with Gasteiger partial charge in [-0.15, -0.1) is 0 Å². The topological polar surface area (TPSA) is 90.7 Å². The van der Waals surface area contributed by atoms with Crippen molar-refractivity contribution >= 4 is 33.2 Å². The first-order chi connectivity index (χ1) is 12.9. The van der Waals surface area contributed by atoms with Crippen LogP contribution in [0.5, 0.6) is 5.75 Å². The predicted octanol–water partition coefficient (Wildman–Crippen LogP) is 4.31. The van der Waals surface area contributed by atoms with Crippen LogP contribution in [0.1, 0.15) is 23.2 Å². The fourth-order valence-electron chi connectivity index (χ4n) is 2.63. The number of hydrogen-bond donors (Lipinski definition) is 1. The molecule has 7 nitrogen and oxygen atoms in total. The number of nitrogens with zero attached hydrogens (tertiary/aromatic N) is 1. The summed E-state index contributed by atoms with van der Waals surface area (Å²) < 4.78 is 25.6. The van der Waals surface area contributed by atoms with Gasteiger partial charge in [-0.25, -0.2) is 4.39 Å². The van der Waals surface area contributed by atoms with Crippen molar-refractivity contribution in [1.82, 2.24) is 0 Å². The minimum absolute atomic E-state index is 0.0664. The minimum atomic E-state index is -0.760. The molecule has 1 N–H and O–H groups in total. The highest BCUT2D eigenvalue weighted by atomic mass is 79.9. The highest BCUT2D eigenvalue weighted by Gasteiger charge is 2.18. The average molecular weight is 439 g/mol. The molecule has 1 heterocycles. The summed E-state index contributed by atoms with van der Waals surface area (Å²) in [5, 5.41) is 13.1. The van der Waals surface area contributed by atoms with E-state index in [1.807, 2.05) is 0 Å². The molecule has 2 aromatic carbocycles. The van der Waals surface area contributed by atoms with Crippen LogP contribution >= 0.6 is 15.9 Å². The summed E-state index contributed by atoms with van der Waals surface area (Å²) in [6, 6.07) is 7.63. The van der Waals surface area contributed by atoms with Crippen molar-refractivity contribution in [2.75, 3.05) is 18.5 Å². The van der Waals surface area contributed by atoms with E-state index >= 15 is 0 Å². The highest BCUT2D eigenvalue weighted by molar-refractivity contribution is 9.10. The molecule has 1 aliphatic heterocycles. The molecule has 1 aliphatic rings. The Bertz CT molecular complexity index is 871. The Morgan fingerprint density at radius 2 is 2.19 bits per heavy atom. The molecule has 0 aliphatic carbocycles. The predicted molar refractivity (Wildman–Crippen MR) is 99.6 cm³/mol. The maximum atomic E-state index is 13.8. The van der Waals surface area contributed by atoms with Gasteiger partial charge in [0.1, 0.15) is 18.2 Å². The lowest BCUT2D eigenvalue weighted by Crippen LogP contribution is -2.17. The van der Waals surface area contributed by atoms with Gasteiger partial charge in [-0.05, 0) is 53.0 Å². The van der Waals surface area contributed by atoms with Crippen molar-refractivity contribution < 1.29 is 23.6 Å². The van der Waals surface area contributed by atoms with Gasteiger partial charge in [-0.1, -0.05) is 0 Å². The summed E-state index contributed by atoms with van der Waals surface area (Å²) in [5.74, 6) is -0.797. The van der Waals surface area contributed by atoms with E-state index in [4.69, 9.17) is 9.47 Å². The Kier molecular flexibility index (Phi) is 6.02. The van der Waals surface area contributed by atoms with Gasteiger partial charge in [-0.2, -0.15) is 0 Å². The second-order valence-electron chi connectivity index (χ2n) is 5.97. The SMILES string of the molecule is O=C(Nc1cc([N+](=O)[O-])ccc1F)c1ccc(OCC2CCCO2)c(Br)c1. The van der Waals surface area contributed by atoms with Gasteiger partial charge in [0.05, 0.1) is 21.2 Å². The second kappa shape index (κ2) is 8.45. The number of non-ortho nitro benzene ring substituents is 1. The number of hydrogen-bond acceptors (Lipinski definition) is 5. The summed E-state index contributed by atoms with van der Waals surface area (Å²) in [7, 11) is 0. The lowest BCUT2D eigenvalue weighted by molar-refractivity contribution is -0.384. The maximum absolute atomic E-state index is 13.8. The molecule has 1 saturated heterocycles. The van der Waals surface area contributed by atoms with Gasteiger partial charge in [0, 0.05) is 24.3 Å². The van der Waals surface area contributed by atoms with Crippen LogP contribution in [-0.2, 0) is 4.74 Å². The van der Waals surface area contributed by atoms with Crippen LogP contribution in [0.4, 0.5) is 15.8 Å². The number of rotatable bonds is 6. The zero-order chi connectivity index (χ0) is 19.4. The van der Waals surface area contributed by atoms with Gasteiger partial charge in [0.25, 0.3) is 11.6 Å². The third kappa shape index (κ3) is 4.81. The highest BCUT2D eigenvalue weighted by Crippen LogP contribution is 2.28. The van der Waals surface area contributed by atoms with Crippen molar-refractivity contribution in [2.45, 2.75) is 18.9 Å². The standard InChI is InChI=1S/C18H16BrFN2O5/c19-14-8-11(3-6-17(14)27-10-13-2-1-7-26-13)18(23)21-16-9-12(22(24)25)4-5-15(16)20/h3-6,8-9,13H,1-2,7,10H2,(H,21,23). The average Bonchev–Trinajstić information content (AvgIpc) is 3.15. The zero-order valence-corrected chi connectivity index (χ0v) is 15.7. The molecular formula is C18H16BrFN2O5. The molecule has 0 aromatic heterocycles. The van der Waals surface area contributed by atoms with Crippen LogP contribution in [0.2, 0.25) is 0 Å². The molecule has 0 saturated carbocycles. The van der Waals surface area contributed by atoms with Crippen LogP contribution in [0.3, 0.4) is 0 Å². The van der Waals surface area contributed by atoms with Gasteiger partial charge >= 0.3 is 0 Å². The van der Waals surface area contributed by atoms with Crippen LogP contribution in [0.25, 0.3) is 0 Å². The van der Waals surface area contributed by atoms with Crippen LogP contribution < -0.4 is 10.1 Å². The lowest BCUT2D eigenvalue weighted by Gasteiger charge is -2.13. The monoisotopic (exact) mass is 438 g/mol. The first kappa shape index (κ1) is 19.2. The summed E-state index contributed by atoms with van der Waals surface area (Å²) >= 11 is 3.35. The third-order valence-electron chi connectivity index (χ3n) is 4.05. The number of amides is 1. The van der Waals surface area contributed by atoms with Crippen molar-refractivity contribution in [3.05, 3.63) is 62.4 Å². The number of carbonyl (C=O) groups excluding carboxylic acids is 1. The largest absolute Gasteiger partial charge is 0.490 e. The normalized spacial score (nSPS) is 16.1. The van der Waals surface area contributed by atoms with E-state index in [0.717, 1.165) is 37.6 Å². The number of nitro groups is 1. The number of carbonyl (C=O) groups is 1. The number of nitro benzene ring substituents is 1. The van der Waals surface area contributed by atoms with E-state index in [9.17, 15) is 19.3 Å². The number of halogens is 2. The zero-order valence-electron chi connectivity index (χ0n) is 14.1. The molecule has 3 rings (SSSR count). The van der Waals surface area contributed by atoms with Crippen LogP contribution in [-0.4, -0.2) is 30.1 Å². The summed E-state index contributed by atoms with van der Waals surface area (Å²) in [4.78, 5) is 22.5. The quantitative estimate of drug-likeness (QED) is 0.535. The Morgan fingerprint density at radius 3 is 2.85 bits per heavy atom. The maximum Gasteiger partial charge on any atom is 0.271 e. The van der Waals surface area contributed by atoms with E-state index in [0.29, 0.717) is 16.8 Å². The van der Waals surface area contributed by atoms with Crippen LogP contribution in [0, 0.1) is 15.9 Å². The molecule has 142 valence electrons. The Morgan fingerprint density at radius 1 is 1.37 bits per heavy atom. The smallest absolute Gasteiger partial charge is 0.271 e. The second-order valence-corrected chi connectivity index (χ2v) is 6.82. The van der Waals surface area contributed by atoms with Crippen molar-refractivity contribution in [1.29, 1.82) is 0 Å². The van der Waals surface area contributed by atoms with E-state index in [-0.39, 0.29) is 23.0 Å². The molecular weight excluding hydrogens is 423 g/mol. The number of anilines is 1. The fraction of sp³-hybridized carbons (Fsp3) is 0.278. The fourth-order valence-corrected chi connectivity index (χ4v) is 3.13. The van der Waals surface area contributed by atoms with Gasteiger partial charge in [0.2, 0.25) is 0 Å². The Hall–Kier alpha value is -2.52. The molecule has 0 radical (unpaired) electrons. The third-order valence-corrected chi connectivity index (χ3v) is 4.67. The molecule has 2 aromatic rings. The van der Waals surface area contributed by atoms with Crippen LogP contribution in [0.15, 0.2) is 40.9 Å². The van der Waals surface area contributed by atoms with Crippen molar-refractivity contribution in [3.8, 4) is 5.75 Å². The molecule has 1 unspecified atom stereocenters. The van der Waals surface area contributed by atoms with E-state index in [2.05, 4.69) is 21.2 Å². The van der Waals surface area contributed by atoms with E-state index < -0.39 is 16.6 Å². The number of nitrogens with one attached hydrogen (secondary N) is 1. The lowest BCUT2D eigenvalue weighted by atomic mass is 10.2. The Labute approximate surface area is 162 Å². The molecule has 0 bridgehead atoms. The van der Waals surface area contributed by atoms with Gasteiger partial charge in [0.15, 0.2) is 0 Å². The first-order valence-electron chi connectivity index (χ1n) is 8.23. The minimum Gasteiger partial charge on any atom is -0.490 e. The van der Waals surface area contributed by atoms with Gasteiger partial charge in [-0.3, -0.25) is 14.9 Å². The summed E-state index contributed by atoms with van der Waals surface area (Å²) in [5.41, 5.74) is -0.327. The summed E-state index contributed by atoms with van der Waals surface area (Å²) in [6.45, 7) is 1.16. The van der Waals surface area contributed by atoms with Crippen molar-refractivity contribution in [3.63, 3.8) is 0 Å². The Balaban J connectivity index is 1.69. The van der Waals surface area contributed by atoms with E-state index in [1.54, 1.807) is 6.07 Å². The van der Waals surface area contributed by atoms with E-state index in [1.165, 1.54) is 12.1 Å². The van der Waals surface area contributed by atoms with Crippen molar-refractivity contribution in [2.24, 2.45) is 0 Å². The summed E-state index contributed by atoms with van der Waals surface area (Å²) in [6.07, 6.45) is 2.03. The molecule has 0 spiro atoms. The molecule has 1 amide bonds. The molecule has 1 atom stereocenters. The molecule has 27 heavy (non-hydrogen) atoms. The number of ether oxygens (including phenoxy) is 2. The molecule has 1 fully saturated rings. The van der Waals surface area contributed by atoms with Gasteiger partial charge < -0.3 is 14.8 Å². The molecule has 9 heteroatoms. The number of benzene rings is 2. The first-order valence-corrected chi connectivity index (χ1v) is 9.02.